The lowest BCUT2D eigenvalue weighted by Crippen LogP contribution is -2.56. The minimum Gasteiger partial charge on any atom is -0.386 e. The van der Waals surface area contributed by atoms with Crippen LogP contribution >= 0.6 is 0 Å². The SMILES string of the molecule is CCCCS(=O)(=O)NC(CC)(CC)C(=N)N. The average molecular weight is 249 g/mol. The molecule has 0 amide bonds. The molecule has 0 heterocycles. The molecule has 4 N–H and O–H groups in total. The van der Waals surface area contributed by atoms with Gasteiger partial charge in [0.2, 0.25) is 10.0 Å². The monoisotopic (exact) mass is 249 g/mol. The predicted molar refractivity (Wildman–Crippen MR) is 67.1 cm³/mol. The Morgan fingerprint density at radius 3 is 2.12 bits per heavy atom. The number of rotatable bonds is 8. The molecule has 0 aromatic heterocycles. The maximum Gasteiger partial charge on any atom is 0.212 e. The molecule has 0 atom stereocenters. The Bertz CT molecular complexity index is 321. The minimum atomic E-state index is -3.34. The molecule has 0 aliphatic rings. The molecule has 5 nitrogen and oxygen atoms in total. The third-order valence-electron chi connectivity index (χ3n) is 2.84. The zero-order chi connectivity index (χ0) is 12.8. The third kappa shape index (κ3) is 4.09. The predicted octanol–water partition coefficient (Wildman–Crippen LogP) is 1.20. The van der Waals surface area contributed by atoms with E-state index in [1.807, 2.05) is 20.8 Å². The number of nitrogens with one attached hydrogen (secondary N) is 2. The largest absolute Gasteiger partial charge is 0.386 e. The normalized spacial score (nSPS) is 12.7. The molecule has 0 spiro atoms. The van der Waals surface area contributed by atoms with Crippen LogP contribution in [0.4, 0.5) is 0 Å². The van der Waals surface area contributed by atoms with E-state index in [0.717, 1.165) is 6.42 Å². The Balaban J connectivity index is 4.82. The van der Waals surface area contributed by atoms with Crippen molar-refractivity contribution in [2.24, 2.45) is 5.73 Å². The van der Waals surface area contributed by atoms with Crippen LogP contribution in [0.2, 0.25) is 0 Å². The lowest BCUT2D eigenvalue weighted by Gasteiger charge is -2.31. The zero-order valence-corrected chi connectivity index (χ0v) is 11.2. The van der Waals surface area contributed by atoms with E-state index in [0.29, 0.717) is 19.3 Å². The van der Waals surface area contributed by atoms with Gasteiger partial charge in [0, 0.05) is 0 Å². The molecule has 0 saturated carbocycles. The van der Waals surface area contributed by atoms with Gasteiger partial charge in [-0.05, 0) is 19.3 Å². The number of hydrogen-bond donors (Lipinski definition) is 3. The summed E-state index contributed by atoms with van der Waals surface area (Å²) in [5.41, 5.74) is 4.57. The van der Waals surface area contributed by atoms with Crippen LogP contribution in [0.5, 0.6) is 0 Å². The molecule has 0 rings (SSSR count). The van der Waals surface area contributed by atoms with E-state index in [4.69, 9.17) is 11.1 Å². The molecule has 0 aliphatic carbocycles. The summed E-state index contributed by atoms with van der Waals surface area (Å²) in [6, 6.07) is 0. The van der Waals surface area contributed by atoms with Crippen LogP contribution in [-0.4, -0.2) is 25.5 Å². The van der Waals surface area contributed by atoms with Gasteiger partial charge in [-0.2, -0.15) is 0 Å². The van der Waals surface area contributed by atoms with Gasteiger partial charge in [0.05, 0.1) is 11.3 Å². The van der Waals surface area contributed by atoms with Crippen molar-refractivity contribution in [1.29, 1.82) is 5.41 Å². The molecule has 0 aromatic carbocycles. The molecule has 0 unspecified atom stereocenters. The molecule has 0 saturated heterocycles. The molecule has 0 aliphatic heterocycles. The number of sulfonamides is 1. The highest BCUT2D eigenvalue weighted by Gasteiger charge is 2.34. The van der Waals surface area contributed by atoms with Gasteiger partial charge in [-0.3, -0.25) is 5.41 Å². The van der Waals surface area contributed by atoms with Gasteiger partial charge in [0.1, 0.15) is 5.84 Å². The first-order valence-electron chi connectivity index (χ1n) is 5.69. The molecule has 96 valence electrons. The maximum atomic E-state index is 11.8. The Hall–Kier alpha value is -0.620. The Kier molecular flexibility index (Phi) is 5.96. The van der Waals surface area contributed by atoms with Gasteiger partial charge in [0.25, 0.3) is 0 Å². The topological polar surface area (TPSA) is 96.0 Å². The van der Waals surface area contributed by atoms with E-state index in [1.165, 1.54) is 0 Å². The van der Waals surface area contributed by atoms with Crippen LogP contribution < -0.4 is 10.5 Å². The summed E-state index contributed by atoms with van der Waals surface area (Å²) >= 11 is 0. The van der Waals surface area contributed by atoms with Gasteiger partial charge < -0.3 is 5.73 Å². The number of amidine groups is 1. The second-order valence-corrected chi connectivity index (χ2v) is 5.82. The van der Waals surface area contributed by atoms with Gasteiger partial charge >= 0.3 is 0 Å². The van der Waals surface area contributed by atoms with Crippen molar-refractivity contribution in [3.63, 3.8) is 0 Å². The summed E-state index contributed by atoms with van der Waals surface area (Å²) in [7, 11) is -3.34. The first kappa shape index (κ1) is 15.4. The number of nitrogens with two attached hydrogens (primary N) is 1. The van der Waals surface area contributed by atoms with Crippen LogP contribution in [0, 0.1) is 5.41 Å². The van der Waals surface area contributed by atoms with Crippen molar-refractivity contribution in [2.75, 3.05) is 5.75 Å². The molecule has 0 aromatic rings. The van der Waals surface area contributed by atoms with Gasteiger partial charge in [-0.25, -0.2) is 13.1 Å². The van der Waals surface area contributed by atoms with E-state index >= 15 is 0 Å². The summed E-state index contributed by atoms with van der Waals surface area (Å²) in [5.74, 6) is -0.0176. The minimum absolute atomic E-state index is 0.0958. The molecular weight excluding hydrogens is 226 g/mol. The van der Waals surface area contributed by atoms with E-state index < -0.39 is 15.6 Å². The van der Waals surface area contributed by atoms with Crippen LogP contribution in [0.1, 0.15) is 46.5 Å². The van der Waals surface area contributed by atoms with E-state index in [-0.39, 0.29) is 11.6 Å². The van der Waals surface area contributed by atoms with E-state index in [9.17, 15) is 8.42 Å². The lowest BCUT2D eigenvalue weighted by molar-refractivity contribution is 0.458. The molecule has 16 heavy (non-hydrogen) atoms. The maximum absolute atomic E-state index is 11.8. The summed E-state index contributed by atoms with van der Waals surface area (Å²) in [5, 5.41) is 7.51. The molecule has 0 fully saturated rings. The number of unbranched alkanes of at least 4 members (excludes halogenated alkanes) is 1. The highest BCUT2D eigenvalue weighted by Crippen LogP contribution is 2.16. The van der Waals surface area contributed by atoms with Crippen LogP contribution in [-0.2, 0) is 10.0 Å². The average Bonchev–Trinajstić information content (AvgIpc) is 2.23. The van der Waals surface area contributed by atoms with Gasteiger partial charge in [-0.1, -0.05) is 27.2 Å². The molecular formula is C10H23N3O2S. The molecule has 0 bridgehead atoms. The summed E-state index contributed by atoms with van der Waals surface area (Å²) in [6.07, 6.45) is 2.43. The van der Waals surface area contributed by atoms with E-state index in [1.54, 1.807) is 0 Å². The van der Waals surface area contributed by atoms with Crippen molar-refractivity contribution in [1.82, 2.24) is 4.72 Å². The Labute approximate surface area is 98.4 Å². The third-order valence-corrected chi connectivity index (χ3v) is 4.37. The van der Waals surface area contributed by atoms with Crippen LogP contribution in [0.15, 0.2) is 0 Å². The Morgan fingerprint density at radius 1 is 1.31 bits per heavy atom. The fourth-order valence-electron chi connectivity index (χ4n) is 1.51. The summed E-state index contributed by atoms with van der Waals surface area (Å²) in [4.78, 5) is 0. The highest BCUT2D eigenvalue weighted by atomic mass is 32.2. The second-order valence-electron chi connectivity index (χ2n) is 3.98. The van der Waals surface area contributed by atoms with Crippen LogP contribution in [0.3, 0.4) is 0 Å². The van der Waals surface area contributed by atoms with E-state index in [2.05, 4.69) is 4.72 Å². The second kappa shape index (κ2) is 6.20. The first-order chi connectivity index (χ1) is 7.33. The van der Waals surface area contributed by atoms with Crippen molar-refractivity contribution >= 4 is 15.9 Å². The fourth-order valence-corrected chi connectivity index (χ4v) is 3.28. The fraction of sp³-hybridized carbons (Fsp3) is 0.900. The van der Waals surface area contributed by atoms with Crippen molar-refractivity contribution in [3.05, 3.63) is 0 Å². The first-order valence-corrected chi connectivity index (χ1v) is 7.35. The van der Waals surface area contributed by atoms with Crippen molar-refractivity contribution < 1.29 is 8.42 Å². The number of hydrogen-bond acceptors (Lipinski definition) is 3. The van der Waals surface area contributed by atoms with Gasteiger partial charge in [0.15, 0.2) is 0 Å². The summed E-state index contributed by atoms with van der Waals surface area (Å²) in [6.45, 7) is 5.59. The lowest BCUT2D eigenvalue weighted by atomic mass is 9.93. The van der Waals surface area contributed by atoms with Gasteiger partial charge in [-0.15, -0.1) is 0 Å². The van der Waals surface area contributed by atoms with Crippen LogP contribution in [0.25, 0.3) is 0 Å². The highest BCUT2D eigenvalue weighted by molar-refractivity contribution is 7.89. The smallest absolute Gasteiger partial charge is 0.212 e. The quantitative estimate of drug-likeness (QED) is 0.445. The van der Waals surface area contributed by atoms with Crippen molar-refractivity contribution in [3.8, 4) is 0 Å². The standard InChI is InChI=1S/C10H23N3O2S/c1-4-7-8-16(14,15)13-10(5-2,6-3)9(11)12/h13H,4-8H2,1-3H3,(H3,11,12). The Morgan fingerprint density at radius 2 is 1.81 bits per heavy atom. The molecule has 6 heteroatoms. The summed E-state index contributed by atoms with van der Waals surface area (Å²) < 4.78 is 26.1. The molecule has 0 radical (unpaired) electrons. The van der Waals surface area contributed by atoms with Crippen molar-refractivity contribution in [2.45, 2.75) is 52.0 Å². The zero-order valence-electron chi connectivity index (χ0n) is 10.3.